The van der Waals surface area contributed by atoms with Crippen molar-refractivity contribution in [3.05, 3.63) is 81.7 Å². The Kier molecular flexibility index (Phi) is 5.50. The monoisotopic (exact) mass is 423 g/mol. The zero-order valence-corrected chi connectivity index (χ0v) is 17.8. The summed E-state index contributed by atoms with van der Waals surface area (Å²) in [5.74, 6) is -0.530. The minimum Gasteiger partial charge on any atom is -0.348 e. The van der Waals surface area contributed by atoms with Gasteiger partial charge >= 0.3 is 0 Å². The summed E-state index contributed by atoms with van der Waals surface area (Å²) in [6, 6.07) is 13.8. The molecule has 0 spiro atoms. The lowest BCUT2D eigenvalue weighted by molar-refractivity contribution is 0.0940. The summed E-state index contributed by atoms with van der Waals surface area (Å²) in [6.45, 7) is 4.37. The Morgan fingerprint density at radius 2 is 1.93 bits per heavy atom. The van der Waals surface area contributed by atoms with Crippen molar-refractivity contribution in [2.45, 2.75) is 19.9 Å². The second-order valence-corrected chi connectivity index (χ2v) is 8.14. The molecule has 0 aliphatic heterocycles. The second kappa shape index (κ2) is 8.23. The van der Waals surface area contributed by atoms with Crippen molar-refractivity contribution in [2.75, 3.05) is 6.54 Å². The number of aryl methyl sites for hydroxylation is 3. The number of amides is 1. The van der Waals surface area contributed by atoms with Crippen molar-refractivity contribution in [3.8, 4) is 11.3 Å². The van der Waals surface area contributed by atoms with Crippen LogP contribution in [0.1, 0.15) is 32.8 Å². The van der Waals surface area contributed by atoms with Gasteiger partial charge in [0.1, 0.15) is 17.6 Å². The normalized spacial score (nSPS) is 12.1. The zero-order valence-electron chi connectivity index (χ0n) is 17.0. The predicted octanol–water partition coefficient (Wildman–Crippen LogP) is 4.12. The number of aromatic nitrogens is 4. The molecule has 4 rings (SSSR count). The Morgan fingerprint density at radius 3 is 2.57 bits per heavy atom. The summed E-state index contributed by atoms with van der Waals surface area (Å²) in [5, 5.41) is 14.1. The summed E-state index contributed by atoms with van der Waals surface area (Å²) in [5.41, 5.74) is 3.80. The molecule has 0 radical (unpaired) electrons. The number of thiophene rings is 1. The molecule has 3 aromatic heterocycles. The van der Waals surface area contributed by atoms with E-state index in [1.54, 1.807) is 36.6 Å². The highest BCUT2D eigenvalue weighted by Crippen LogP contribution is 2.24. The molecule has 0 saturated heterocycles. The lowest BCUT2D eigenvalue weighted by atomic mass is 10.1. The summed E-state index contributed by atoms with van der Waals surface area (Å²) in [6.07, 6.45) is 0. The molecular formula is C22H22FN5OS. The summed E-state index contributed by atoms with van der Waals surface area (Å²) in [7, 11) is 1.72. The Balaban J connectivity index is 1.54. The standard InChI is InChI=1S/C22H22FN5OS/c1-14-11-15(2)28(25-14)20(21-5-4-10-30-21)13-24-22(29)19-12-18(26-27(19)3)16-6-8-17(23)9-7-16/h4-12,20H,13H2,1-3H3,(H,24,29). The van der Waals surface area contributed by atoms with Gasteiger partial charge in [0.05, 0.1) is 11.4 Å². The first-order valence-electron chi connectivity index (χ1n) is 9.56. The van der Waals surface area contributed by atoms with E-state index in [1.165, 1.54) is 16.8 Å². The molecule has 1 aromatic carbocycles. The average molecular weight is 424 g/mol. The van der Waals surface area contributed by atoms with Gasteiger partial charge in [0.15, 0.2) is 0 Å². The number of halogens is 1. The van der Waals surface area contributed by atoms with E-state index in [2.05, 4.69) is 21.6 Å². The SMILES string of the molecule is Cc1cc(C)n(C(CNC(=O)c2cc(-c3ccc(F)cc3)nn2C)c2cccs2)n1. The molecule has 0 aliphatic carbocycles. The number of hydrogen-bond acceptors (Lipinski definition) is 4. The van der Waals surface area contributed by atoms with Crippen molar-refractivity contribution in [1.29, 1.82) is 0 Å². The van der Waals surface area contributed by atoms with Crippen molar-refractivity contribution in [2.24, 2.45) is 7.05 Å². The molecular weight excluding hydrogens is 401 g/mol. The Morgan fingerprint density at radius 1 is 1.17 bits per heavy atom. The van der Waals surface area contributed by atoms with Crippen LogP contribution in [-0.2, 0) is 7.05 Å². The van der Waals surface area contributed by atoms with Crippen LogP contribution in [0.2, 0.25) is 0 Å². The van der Waals surface area contributed by atoms with Crippen LogP contribution in [0.4, 0.5) is 4.39 Å². The van der Waals surface area contributed by atoms with E-state index >= 15 is 0 Å². The molecule has 0 aliphatic rings. The summed E-state index contributed by atoms with van der Waals surface area (Å²) >= 11 is 1.64. The quantitative estimate of drug-likeness (QED) is 0.507. The largest absolute Gasteiger partial charge is 0.348 e. The lowest BCUT2D eigenvalue weighted by Crippen LogP contribution is -2.32. The number of hydrogen-bond donors (Lipinski definition) is 1. The number of rotatable bonds is 6. The fourth-order valence-electron chi connectivity index (χ4n) is 3.47. The molecule has 3 heterocycles. The van der Waals surface area contributed by atoms with E-state index in [0.29, 0.717) is 17.9 Å². The zero-order chi connectivity index (χ0) is 21.3. The highest BCUT2D eigenvalue weighted by atomic mass is 32.1. The smallest absolute Gasteiger partial charge is 0.269 e. The van der Waals surface area contributed by atoms with Gasteiger partial charge in [0.2, 0.25) is 0 Å². The fraction of sp³-hybridized carbons (Fsp3) is 0.227. The van der Waals surface area contributed by atoms with E-state index in [9.17, 15) is 9.18 Å². The summed E-state index contributed by atoms with van der Waals surface area (Å²) in [4.78, 5) is 14.0. The van der Waals surface area contributed by atoms with Crippen LogP contribution in [0, 0.1) is 19.7 Å². The van der Waals surface area contributed by atoms with Crippen LogP contribution in [0.15, 0.2) is 53.9 Å². The highest BCUT2D eigenvalue weighted by molar-refractivity contribution is 7.10. The molecule has 1 N–H and O–H groups in total. The number of carbonyl (C=O) groups is 1. The molecule has 154 valence electrons. The first kappa shape index (κ1) is 20.0. The number of nitrogens with zero attached hydrogens (tertiary/aromatic N) is 4. The third kappa shape index (κ3) is 4.04. The van der Waals surface area contributed by atoms with Crippen molar-refractivity contribution < 1.29 is 9.18 Å². The highest BCUT2D eigenvalue weighted by Gasteiger charge is 2.21. The van der Waals surface area contributed by atoms with Gasteiger partial charge in [-0.05, 0) is 61.7 Å². The molecule has 4 aromatic rings. The van der Waals surface area contributed by atoms with E-state index < -0.39 is 0 Å². The molecule has 1 unspecified atom stereocenters. The van der Waals surface area contributed by atoms with Crippen LogP contribution in [-0.4, -0.2) is 32.0 Å². The third-order valence-corrected chi connectivity index (χ3v) is 5.89. The minimum atomic E-state index is -0.309. The first-order chi connectivity index (χ1) is 14.4. The van der Waals surface area contributed by atoms with E-state index in [4.69, 9.17) is 0 Å². The number of benzene rings is 1. The van der Waals surface area contributed by atoms with Crippen molar-refractivity contribution in [3.63, 3.8) is 0 Å². The van der Waals surface area contributed by atoms with E-state index in [0.717, 1.165) is 21.8 Å². The maximum atomic E-state index is 13.2. The first-order valence-corrected chi connectivity index (χ1v) is 10.4. The molecule has 0 bridgehead atoms. The Bertz CT molecular complexity index is 1160. The number of carbonyl (C=O) groups excluding carboxylic acids is 1. The maximum absolute atomic E-state index is 13.2. The van der Waals surface area contributed by atoms with Gasteiger partial charge in [-0.1, -0.05) is 6.07 Å². The lowest BCUT2D eigenvalue weighted by Gasteiger charge is -2.19. The van der Waals surface area contributed by atoms with Crippen LogP contribution in [0.3, 0.4) is 0 Å². The maximum Gasteiger partial charge on any atom is 0.269 e. The van der Waals surface area contributed by atoms with Crippen LogP contribution >= 0.6 is 11.3 Å². The number of nitrogens with one attached hydrogen (secondary N) is 1. The van der Waals surface area contributed by atoms with E-state index in [1.807, 2.05) is 36.0 Å². The summed E-state index contributed by atoms with van der Waals surface area (Å²) < 4.78 is 16.7. The molecule has 0 fully saturated rings. The Hall–Kier alpha value is -3.26. The second-order valence-electron chi connectivity index (χ2n) is 7.16. The predicted molar refractivity (Wildman–Crippen MR) is 115 cm³/mol. The fourth-order valence-corrected chi connectivity index (χ4v) is 4.28. The molecule has 1 amide bonds. The minimum absolute atomic E-state index is 0.0903. The van der Waals surface area contributed by atoms with Gasteiger partial charge in [0.25, 0.3) is 5.91 Å². The Labute approximate surface area is 178 Å². The molecule has 30 heavy (non-hydrogen) atoms. The molecule has 1 atom stereocenters. The molecule has 6 nitrogen and oxygen atoms in total. The molecule has 8 heteroatoms. The molecule has 0 saturated carbocycles. The topological polar surface area (TPSA) is 64.7 Å². The van der Waals surface area contributed by atoms with Crippen LogP contribution in [0.5, 0.6) is 0 Å². The van der Waals surface area contributed by atoms with Crippen LogP contribution < -0.4 is 5.32 Å². The van der Waals surface area contributed by atoms with Gasteiger partial charge in [0, 0.05) is 29.7 Å². The van der Waals surface area contributed by atoms with Gasteiger partial charge in [-0.2, -0.15) is 10.2 Å². The van der Waals surface area contributed by atoms with Crippen molar-refractivity contribution >= 4 is 17.2 Å². The third-order valence-electron chi connectivity index (χ3n) is 4.92. The van der Waals surface area contributed by atoms with E-state index in [-0.39, 0.29) is 17.8 Å². The van der Waals surface area contributed by atoms with Gasteiger partial charge in [-0.25, -0.2) is 4.39 Å². The van der Waals surface area contributed by atoms with Crippen molar-refractivity contribution in [1.82, 2.24) is 24.9 Å². The van der Waals surface area contributed by atoms with Gasteiger partial charge in [-0.3, -0.25) is 14.2 Å². The average Bonchev–Trinajstić information content (AvgIpc) is 3.44. The van der Waals surface area contributed by atoms with Gasteiger partial charge < -0.3 is 5.32 Å². The van der Waals surface area contributed by atoms with Gasteiger partial charge in [-0.15, -0.1) is 11.3 Å². The van der Waals surface area contributed by atoms with Crippen LogP contribution in [0.25, 0.3) is 11.3 Å².